The fraction of sp³-hybridized carbons (Fsp3) is 0.286. The molecule has 0 amide bonds. The van der Waals surface area contributed by atoms with E-state index in [1.54, 1.807) is 0 Å². The molecule has 0 saturated carbocycles. The molecule has 0 saturated heterocycles. The van der Waals surface area contributed by atoms with Crippen molar-refractivity contribution in [1.82, 2.24) is 4.98 Å². The average Bonchev–Trinajstić information content (AvgIpc) is 2.06. The van der Waals surface area contributed by atoms with Crippen molar-refractivity contribution >= 4 is 26.0 Å². The molecule has 0 aliphatic rings. The van der Waals surface area contributed by atoms with Crippen molar-refractivity contribution in [3.05, 3.63) is 21.9 Å². The van der Waals surface area contributed by atoms with Crippen LogP contribution in [0, 0.1) is 6.92 Å². The molecule has 84 valence electrons. The Morgan fingerprint density at radius 3 is 2.47 bits per heavy atom. The quantitative estimate of drug-likeness (QED) is 0.904. The summed E-state index contributed by atoms with van der Waals surface area (Å²) in [6, 6.07) is 0. The standard InChI is InChI=1S/C7H7BrF2N2O2S/c1-3-4(15(11,13)14)2-12-6(5(3)8)7(9)10/h2,7H,1H3,(H2,11,13,14). The third-order valence-corrected chi connectivity index (χ3v) is 3.78. The third kappa shape index (κ3) is 2.50. The summed E-state index contributed by atoms with van der Waals surface area (Å²) in [5, 5.41) is 4.88. The highest BCUT2D eigenvalue weighted by molar-refractivity contribution is 9.10. The lowest BCUT2D eigenvalue weighted by molar-refractivity contribution is 0.145. The van der Waals surface area contributed by atoms with Crippen LogP contribution in [0.5, 0.6) is 0 Å². The maximum atomic E-state index is 12.4. The number of primary sulfonamides is 1. The summed E-state index contributed by atoms with van der Waals surface area (Å²) in [6.07, 6.45) is -1.94. The number of halogens is 3. The van der Waals surface area contributed by atoms with E-state index in [4.69, 9.17) is 5.14 Å². The average molecular weight is 301 g/mol. The number of nitrogens with zero attached hydrogens (tertiary/aromatic N) is 1. The molecule has 1 heterocycles. The fourth-order valence-electron chi connectivity index (χ4n) is 1.02. The zero-order chi connectivity index (χ0) is 11.8. The van der Waals surface area contributed by atoms with Crippen molar-refractivity contribution in [3.63, 3.8) is 0 Å². The second kappa shape index (κ2) is 4.11. The van der Waals surface area contributed by atoms with Gasteiger partial charge in [0.05, 0.1) is 0 Å². The molecule has 2 N–H and O–H groups in total. The summed E-state index contributed by atoms with van der Waals surface area (Å²) in [6.45, 7) is 1.37. The Balaban J connectivity index is 3.48. The summed E-state index contributed by atoms with van der Waals surface area (Å²) in [7, 11) is -3.94. The lowest BCUT2D eigenvalue weighted by atomic mass is 10.2. The summed E-state index contributed by atoms with van der Waals surface area (Å²) < 4.78 is 46.7. The van der Waals surface area contributed by atoms with Gasteiger partial charge in [0.15, 0.2) is 0 Å². The minimum absolute atomic E-state index is 0.0379. The van der Waals surface area contributed by atoms with Gasteiger partial charge < -0.3 is 0 Å². The molecule has 0 atom stereocenters. The summed E-state index contributed by atoms with van der Waals surface area (Å²) in [5.41, 5.74) is -0.372. The maximum Gasteiger partial charge on any atom is 0.281 e. The first-order chi connectivity index (χ1) is 6.75. The summed E-state index contributed by atoms with van der Waals surface area (Å²) >= 11 is 2.86. The Labute approximate surface area is 93.7 Å². The molecular weight excluding hydrogens is 294 g/mol. The van der Waals surface area contributed by atoms with Crippen molar-refractivity contribution < 1.29 is 17.2 Å². The number of hydrogen-bond acceptors (Lipinski definition) is 3. The molecule has 1 aromatic heterocycles. The Morgan fingerprint density at radius 2 is 2.07 bits per heavy atom. The molecule has 0 unspecified atom stereocenters. The van der Waals surface area contributed by atoms with Crippen LogP contribution in [0.3, 0.4) is 0 Å². The predicted molar refractivity (Wildman–Crippen MR) is 53.0 cm³/mol. The van der Waals surface area contributed by atoms with Gasteiger partial charge in [-0.3, -0.25) is 4.98 Å². The lowest BCUT2D eigenvalue weighted by Gasteiger charge is -2.08. The van der Waals surface area contributed by atoms with E-state index in [9.17, 15) is 17.2 Å². The van der Waals surface area contributed by atoms with Gasteiger partial charge in [0, 0.05) is 10.7 Å². The number of rotatable bonds is 2. The van der Waals surface area contributed by atoms with E-state index in [-0.39, 0.29) is 14.9 Å². The number of pyridine rings is 1. The van der Waals surface area contributed by atoms with E-state index in [1.165, 1.54) is 6.92 Å². The molecule has 0 radical (unpaired) electrons. The van der Waals surface area contributed by atoms with Crippen LogP contribution in [0.2, 0.25) is 0 Å². The Kier molecular flexibility index (Phi) is 3.41. The van der Waals surface area contributed by atoms with Crippen molar-refractivity contribution in [2.45, 2.75) is 18.2 Å². The van der Waals surface area contributed by atoms with E-state index >= 15 is 0 Å². The molecule has 4 nitrogen and oxygen atoms in total. The van der Waals surface area contributed by atoms with E-state index in [0.717, 1.165) is 6.20 Å². The molecule has 15 heavy (non-hydrogen) atoms. The van der Waals surface area contributed by atoms with Crippen LogP contribution < -0.4 is 5.14 Å². The molecule has 1 rings (SSSR count). The first-order valence-electron chi connectivity index (χ1n) is 3.71. The van der Waals surface area contributed by atoms with Crippen molar-refractivity contribution in [3.8, 4) is 0 Å². The molecule has 8 heteroatoms. The number of nitrogens with two attached hydrogens (primary N) is 1. The predicted octanol–water partition coefficient (Wildman–Crippen LogP) is 1.74. The van der Waals surface area contributed by atoms with Gasteiger partial charge >= 0.3 is 0 Å². The molecule has 0 aliphatic carbocycles. The highest BCUT2D eigenvalue weighted by atomic mass is 79.9. The number of alkyl halides is 2. The van der Waals surface area contributed by atoms with Gasteiger partial charge in [0.2, 0.25) is 10.0 Å². The van der Waals surface area contributed by atoms with Crippen LogP contribution in [0.4, 0.5) is 8.78 Å². The van der Waals surface area contributed by atoms with Gasteiger partial charge in [0.25, 0.3) is 6.43 Å². The highest BCUT2D eigenvalue weighted by Crippen LogP contribution is 2.30. The van der Waals surface area contributed by atoms with Crippen LogP contribution >= 0.6 is 15.9 Å². The van der Waals surface area contributed by atoms with Crippen LogP contribution in [-0.4, -0.2) is 13.4 Å². The summed E-state index contributed by atoms with van der Waals surface area (Å²) in [5.74, 6) is 0. The first kappa shape index (κ1) is 12.5. The molecule has 1 aromatic rings. The Hall–Kier alpha value is -0.600. The third-order valence-electron chi connectivity index (χ3n) is 1.76. The number of hydrogen-bond donors (Lipinski definition) is 1. The number of aromatic nitrogens is 1. The minimum Gasteiger partial charge on any atom is -0.253 e. The minimum atomic E-state index is -3.94. The Morgan fingerprint density at radius 1 is 1.53 bits per heavy atom. The highest BCUT2D eigenvalue weighted by Gasteiger charge is 2.21. The zero-order valence-electron chi connectivity index (χ0n) is 7.54. The Bertz CT molecular complexity index is 490. The largest absolute Gasteiger partial charge is 0.281 e. The lowest BCUT2D eigenvalue weighted by Crippen LogP contribution is -2.15. The normalized spacial score (nSPS) is 12.1. The van der Waals surface area contributed by atoms with Gasteiger partial charge in [-0.25, -0.2) is 22.3 Å². The second-order valence-corrected chi connectivity index (χ2v) is 5.12. The molecule has 0 aromatic carbocycles. The smallest absolute Gasteiger partial charge is 0.253 e. The van der Waals surface area contributed by atoms with Crippen LogP contribution in [0.15, 0.2) is 15.6 Å². The molecule has 0 fully saturated rings. The van der Waals surface area contributed by atoms with Gasteiger partial charge in [0.1, 0.15) is 10.6 Å². The van der Waals surface area contributed by atoms with Gasteiger partial charge in [-0.2, -0.15) is 0 Å². The maximum absolute atomic E-state index is 12.4. The topological polar surface area (TPSA) is 73.1 Å². The monoisotopic (exact) mass is 300 g/mol. The molecular formula is C7H7BrF2N2O2S. The van der Waals surface area contributed by atoms with E-state index in [2.05, 4.69) is 20.9 Å². The second-order valence-electron chi connectivity index (χ2n) is 2.79. The summed E-state index contributed by atoms with van der Waals surface area (Å²) in [4.78, 5) is 3.08. The fourth-order valence-corrected chi connectivity index (χ4v) is 2.37. The van der Waals surface area contributed by atoms with E-state index in [0.29, 0.717) is 0 Å². The molecule has 0 bridgehead atoms. The van der Waals surface area contributed by atoms with Crippen LogP contribution in [0.25, 0.3) is 0 Å². The van der Waals surface area contributed by atoms with Crippen LogP contribution in [0.1, 0.15) is 17.7 Å². The SMILES string of the molecule is Cc1c(S(N)(=O)=O)cnc(C(F)F)c1Br. The molecule has 0 aliphatic heterocycles. The number of sulfonamides is 1. The zero-order valence-corrected chi connectivity index (χ0v) is 9.94. The molecule has 0 spiro atoms. The van der Waals surface area contributed by atoms with Gasteiger partial charge in [-0.1, -0.05) is 0 Å². The van der Waals surface area contributed by atoms with Crippen LogP contribution in [-0.2, 0) is 10.0 Å². The van der Waals surface area contributed by atoms with Crippen molar-refractivity contribution in [1.29, 1.82) is 0 Å². The first-order valence-corrected chi connectivity index (χ1v) is 6.05. The van der Waals surface area contributed by atoms with Gasteiger partial charge in [-0.05, 0) is 28.4 Å². The van der Waals surface area contributed by atoms with Gasteiger partial charge in [-0.15, -0.1) is 0 Å². The van der Waals surface area contributed by atoms with Crippen molar-refractivity contribution in [2.24, 2.45) is 5.14 Å². The van der Waals surface area contributed by atoms with E-state index < -0.39 is 22.1 Å². The van der Waals surface area contributed by atoms with E-state index in [1.807, 2.05) is 0 Å². The van der Waals surface area contributed by atoms with Crippen molar-refractivity contribution in [2.75, 3.05) is 0 Å².